The number of aliphatic hydroxyl groups is 1. The number of aliphatic hydroxyl groups excluding tert-OH is 1. The number of amides is 3. The zero-order valence-corrected chi connectivity index (χ0v) is 21.8. The molecule has 3 amide bonds. The number of hydrogen-bond acceptors (Lipinski definition) is 6. The molecule has 1 aliphatic rings. The van der Waals surface area contributed by atoms with E-state index in [0.29, 0.717) is 25.6 Å². The standard InChI is InChI=1S/C32H30N2O6/c35-16-17-40-29-20-23(39-19-18-38-21-22-8-2-1-3-9-22)14-15-28(29)31(36)34-32(37)33-30-26-12-6-4-10-24(26)25-11-5-7-13-27(25)30/h1-15,20,30,35H,16-19,21H2,(H2,33,34,36,37). The van der Waals surface area contributed by atoms with Gasteiger partial charge in [0.15, 0.2) is 0 Å². The third-order valence-corrected chi connectivity index (χ3v) is 6.49. The Bertz CT molecular complexity index is 1430. The molecule has 5 rings (SSSR count). The van der Waals surface area contributed by atoms with Crippen molar-refractivity contribution >= 4 is 11.9 Å². The fourth-order valence-corrected chi connectivity index (χ4v) is 4.69. The third-order valence-electron chi connectivity index (χ3n) is 6.49. The minimum absolute atomic E-state index is 0.0221. The van der Waals surface area contributed by atoms with Crippen LogP contribution in [0.1, 0.15) is 33.1 Å². The number of carbonyl (C=O) groups excluding carboxylic acids is 2. The van der Waals surface area contributed by atoms with Gasteiger partial charge in [0.1, 0.15) is 24.7 Å². The molecule has 1 aliphatic carbocycles. The van der Waals surface area contributed by atoms with Crippen molar-refractivity contribution < 1.29 is 28.9 Å². The van der Waals surface area contributed by atoms with E-state index in [1.54, 1.807) is 12.1 Å². The van der Waals surface area contributed by atoms with Crippen molar-refractivity contribution in [3.8, 4) is 22.6 Å². The first-order valence-electron chi connectivity index (χ1n) is 13.1. The Balaban J connectivity index is 1.20. The predicted molar refractivity (Wildman–Crippen MR) is 150 cm³/mol. The summed E-state index contributed by atoms with van der Waals surface area (Å²) in [6.07, 6.45) is 0. The van der Waals surface area contributed by atoms with Crippen LogP contribution in [-0.4, -0.2) is 43.5 Å². The topological polar surface area (TPSA) is 106 Å². The van der Waals surface area contributed by atoms with Crippen molar-refractivity contribution in [2.24, 2.45) is 0 Å². The number of carbonyl (C=O) groups is 2. The Hall–Kier alpha value is -4.66. The quantitative estimate of drug-likeness (QED) is 0.236. The number of rotatable bonds is 11. The molecule has 0 saturated carbocycles. The van der Waals surface area contributed by atoms with E-state index in [2.05, 4.69) is 10.6 Å². The van der Waals surface area contributed by atoms with Crippen molar-refractivity contribution in [1.82, 2.24) is 10.6 Å². The van der Waals surface area contributed by atoms with E-state index >= 15 is 0 Å². The number of nitrogens with one attached hydrogen (secondary N) is 2. The molecule has 8 nitrogen and oxygen atoms in total. The lowest BCUT2D eigenvalue weighted by atomic mass is 10.1. The largest absolute Gasteiger partial charge is 0.491 e. The summed E-state index contributed by atoms with van der Waals surface area (Å²) in [5.41, 5.74) is 5.25. The number of fused-ring (bicyclic) bond motifs is 3. The molecule has 0 unspecified atom stereocenters. The van der Waals surface area contributed by atoms with Crippen molar-refractivity contribution in [1.29, 1.82) is 0 Å². The second-order valence-corrected chi connectivity index (χ2v) is 9.15. The van der Waals surface area contributed by atoms with Crippen LogP contribution in [0.4, 0.5) is 4.79 Å². The van der Waals surface area contributed by atoms with Crippen LogP contribution >= 0.6 is 0 Å². The summed E-state index contributed by atoms with van der Waals surface area (Å²) < 4.78 is 17.0. The maximum atomic E-state index is 13.1. The molecule has 0 aromatic heterocycles. The Morgan fingerprint density at radius 3 is 2.12 bits per heavy atom. The molecule has 4 aromatic rings. The first-order chi connectivity index (χ1) is 19.6. The average molecular weight is 539 g/mol. The molecule has 4 aromatic carbocycles. The molecule has 0 saturated heterocycles. The van der Waals surface area contributed by atoms with Gasteiger partial charge in [0, 0.05) is 6.07 Å². The van der Waals surface area contributed by atoms with Crippen LogP contribution in [0.5, 0.6) is 11.5 Å². The van der Waals surface area contributed by atoms with Crippen molar-refractivity contribution in [3.05, 3.63) is 119 Å². The number of imide groups is 1. The lowest BCUT2D eigenvalue weighted by Gasteiger charge is -2.17. The first-order valence-corrected chi connectivity index (χ1v) is 13.1. The monoisotopic (exact) mass is 538 g/mol. The highest BCUT2D eigenvalue weighted by Gasteiger charge is 2.29. The molecule has 204 valence electrons. The lowest BCUT2D eigenvalue weighted by Crippen LogP contribution is -2.41. The molecule has 0 bridgehead atoms. The molecule has 0 aliphatic heterocycles. The fraction of sp³-hybridized carbons (Fsp3) is 0.188. The SMILES string of the molecule is O=C(NC(=O)c1ccc(OCCOCc2ccccc2)cc1OCCO)NC1c2ccccc2-c2ccccc21. The second kappa shape index (κ2) is 12.9. The average Bonchev–Trinajstić information content (AvgIpc) is 3.29. The summed E-state index contributed by atoms with van der Waals surface area (Å²) in [4.78, 5) is 26.0. The zero-order chi connectivity index (χ0) is 27.7. The number of hydrogen-bond donors (Lipinski definition) is 3. The molecule has 0 radical (unpaired) electrons. The van der Waals surface area contributed by atoms with Crippen LogP contribution in [0.15, 0.2) is 97.1 Å². The smallest absolute Gasteiger partial charge is 0.322 e. The van der Waals surface area contributed by atoms with Gasteiger partial charge in [-0.2, -0.15) is 0 Å². The van der Waals surface area contributed by atoms with E-state index < -0.39 is 11.9 Å². The van der Waals surface area contributed by atoms with Crippen molar-refractivity contribution in [3.63, 3.8) is 0 Å². The van der Waals surface area contributed by atoms with Gasteiger partial charge in [0.2, 0.25) is 0 Å². The highest BCUT2D eigenvalue weighted by Crippen LogP contribution is 2.42. The maximum Gasteiger partial charge on any atom is 0.322 e. The van der Waals surface area contributed by atoms with Gasteiger partial charge in [-0.3, -0.25) is 10.1 Å². The number of benzene rings is 4. The van der Waals surface area contributed by atoms with Crippen molar-refractivity contribution in [2.75, 3.05) is 26.4 Å². The third kappa shape index (κ3) is 6.31. The summed E-state index contributed by atoms with van der Waals surface area (Å²) in [6.45, 7) is 0.891. The van der Waals surface area contributed by atoms with E-state index in [4.69, 9.17) is 14.2 Å². The second-order valence-electron chi connectivity index (χ2n) is 9.15. The van der Waals surface area contributed by atoms with E-state index in [9.17, 15) is 14.7 Å². The minimum atomic E-state index is -0.636. The van der Waals surface area contributed by atoms with Gasteiger partial charge in [-0.15, -0.1) is 0 Å². The van der Waals surface area contributed by atoms with Gasteiger partial charge in [-0.25, -0.2) is 4.79 Å². The van der Waals surface area contributed by atoms with Crippen LogP contribution in [0.2, 0.25) is 0 Å². The van der Waals surface area contributed by atoms with Gasteiger partial charge in [-0.1, -0.05) is 78.9 Å². The molecule has 3 N–H and O–H groups in total. The van der Waals surface area contributed by atoms with Crippen molar-refractivity contribution in [2.45, 2.75) is 12.6 Å². The molecular formula is C32H30N2O6. The van der Waals surface area contributed by atoms with Crippen LogP contribution in [0.3, 0.4) is 0 Å². The number of ether oxygens (including phenoxy) is 3. The lowest BCUT2D eigenvalue weighted by molar-refractivity contribution is 0.0886. The summed E-state index contributed by atoms with van der Waals surface area (Å²) in [7, 11) is 0. The van der Waals surface area contributed by atoms with E-state index in [1.807, 2.05) is 78.9 Å². The summed E-state index contributed by atoms with van der Waals surface area (Å²) in [5, 5.41) is 14.6. The molecule has 0 spiro atoms. The van der Waals surface area contributed by atoms with E-state index in [-0.39, 0.29) is 30.6 Å². The Morgan fingerprint density at radius 1 is 0.750 bits per heavy atom. The molecule has 8 heteroatoms. The van der Waals surface area contributed by atoms with Gasteiger partial charge in [0.25, 0.3) is 5.91 Å². The first kappa shape index (κ1) is 26.9. The highest BCUT2D eigenvalue weighted by molar-refractivity contribution is 6.06. The molecule has 0 heterocycles. The molecular weight excluding hydrogens is 508 g/mol. The predicted octanol–water partition coefficient (Wildman–Crippen LogP) is 4.86. The Morgan fingerprint density at radius 2 is 1.43 bits per heavy atom. The highest BCUT2D eigenvalue weighted by atomic mass is 16.5. The van der Waals surface area contributed by atoms with Gasteiger partial charge in [-0.05, 0) is 39.9 Å². The van der Waals surface area contributed by atoms with E-state index in [1.165, 1.54) is 6.07 Å². The van der Waals surface area contributed by atoms with Crippen LogP contribution in [0, 0.1) is 0 Å². The summed E-state index contributed by atoms with van der Waals surface area (Å²) in [5.74, 6) is 0.0257. The van der Waals surface area contributed by atoms with Gasteiger partial charge < -0.3 is 24.6 Å². The zero-order valence-electron chi connectivity index (χ0n) is 21.8. The fourth-order valence-electron chi connectivity index (χ4n) is 4.69. The van der Waals surface area contributed by atoms with Gasteiger partial charge >= 0.3 is 6.03 Å². The van der Waals surface area contributed by atoms with Crippen LogP contribution in [-0.2, 0) is 11.3 Å². The Kier molecular flexibility index (Phi) is 8.70. The molecule has 0 atom stereocenters. The molecule has 0 fully saturated rings. The van der Waals surface area contributed by atoms with E-state index in [0.717, 1.165) is 27.8 Å². The Labute approximate surface area is 232 Å². The maximum absolute atomic E-state index is 13.1. The minimum Gasteiger partial charge on any atom is -0.491 e. The van der Waals surface area contributed by atoms with Crippen LogP contribution < -0.4 is 20.1 Å². The van der Waals surface area contributed by atoms with Crippen LogP contribution in [0.25, 0.3) is 11.1 Å². The summed E-state index contributed by atoms with van der Waals surface area (Å²) in [6, 6.07) is 29.3. The molecule has 40 heavy (non-hydrogen) atoms. The summed E-state index contributed by atoms with van der Waals surface area (Å²) >= 11 is 0. The van der Waals surface area contributed by atoms with Gasteiger partial charge in [0.05, 0.1) is 31.4 Å². The number of urea groups is 1. The normalized spacial score (nSPS) is 11.8.